The molecule has 1 aromatic carbocycles. The van der Waals surface area contributed by atoms with Crippen molar-refractivity contribution in [2.45, 2.75) is 18.9 Å². The van der Waals surface area contributed by atoms with E-state index >= 15 is 0 Å². The summed E-state index contributed by atoms with van der Waals surface area (Å²) in [5.41, 5.74) is 0.699. The Bertz CT molecular complexity index is 446. The van der Waals surface area contributed by atoms with Crippen molar-refractivity contribution in [1.82, 2.24) is 5.32 Å². The highest BCUT2D eigenvalue weighted by Crippen LogP contribution is 2.30. The van der Waals surface area contributed by atoms with E-state index in [2.05, 4.69) is 5.32 Å². The standard InChI is InChI=1S/C13H16ClNO3/c1-18-13(17)12(15-7-8-2-3-8)9-4-5-11(16)10(14)6-9/h4-6,8,12,15-16H,2-3,7H2,1H3. The van der Waals surface area contributed by atoms with Gasteiger partial charge in [-0.25, -0.2) is 4.79 Å². The Morgan fingerprint density at radius 1 is 1.61 bits per heavy atom. The van der Waals surface area contributed by atoms with Gasteiger partial charge in [0.1, 0.15) is 11.8 Å². The van der Waals surface area contributed by atoms with Crippen LogP contribution in [0.3, 0.4) is 0 Å². The zero-order chi connectivity index (χ0) is 13.1. The van der Waals surface area contributed by atoms with Crippen LogP contribution in [0.25, 0.3) is 0 Å². The minimum Gasteiger partial charge on any atom is -0.506 e. The Balaban J connectivity index is 2.14. The molecule has 1 unspecified atom stereocenters. The summed E-state index contributed by atoms with van der Waals surface area (Å²) >= 11 is 5.85. The van der Waals surface area contributed by atoms with E-state index in [0.29, 0.717) is 11.5 Å². The van der Waals surface area contributed by atoms with Gasteiger partial charge >= 0.3 is 5.97 Å². The second-order valence-corrected chi connectivity index (χ2v) is 4.93. The molecule has 2 N–H and O–H groups in total. The molecular formula is C13H16ClNO3. The van der Waals surface area contributed by atoms with Gasteiger partial charge in [-0.3, -0.25) is 0 Å². The number of carbonyl (C=O) groups excluding carboxylic acids is 1. The monoisotopic (exact) mass is 269 g/mol. The molecule has 1 fully saturated rings. The van der Waals surface area contributed by atoms with Gasteiger partial charge in [-0.1, -0.05) is 17.7 Å². The van der Waals surface area contributed by atoms with Crippen LogP contribution in [0, 0.1) is 5.92 Å². The summed E-state index contributed by atoms with van der Waals surface area (Å²) in [6.45, 7) is 0.790. The third kappa shape index (κ3) is 3.15. The second-order valence-electron chi connectivity index (χ2n) is 4.52. The van der Waals surface area contributed by atoms with Gasteiger partial charge in [0.05, 0.1) is 12.1 Å². The van der Waals surface area contributed by atoms with Crippen molar-refractivity contribution in [2.75, 3.05) is 13.7 Å². The molecule has 1 aromatic rings. The normalized spacial score (nSPS) is 16.3. The van der Waals surface area contributed by atoms with E-state index in [-0.39, 0.29) is 16.7 Å². The SMILES string of the molecule is COC(=O)C(NCC1CC1)c1ccc(O)c(Cl)c1. The number of ether oxygens (including phenoxy) is 1. The number of phenolic OH excluding ortho intramolecular Hbond substituents is 1. The molecule has 0 aliphatic heterocycles. The summed E-state index contributed by atoms with van der Waals surface area (Å²) in [5, 5.41) is 12.8. The molecule has 2 rings (SSSR count). The number of methoxy groups -OCH3 is 1. The average Bonchev–Trinajstić information content (AvgIpc) is 3.17. The molecule has 0 amide bonds. The zero-order valence-corrected chi connectivity index (χ0v) is 10.9. The van der Waals surface area contributed by atoms with Crippen molar-refractivity contribution >= 4 is 17.6 Å². The van der Waals surface area contributed by atoms with Gasteiger partial charge in [-0.05, 0) is 43.0 Å². The number of halogens is 1. The van der Waals surface area contributed by atoms with Gasteiger partial charge < -0.3 is 15.2 Å². The molecule has 1 atom stereocenters. The predicted octanol–water partition coefficient (Wildman–Crippen LogP) is 2.26. The van der Waals surface area contributed by atoms with Crippen LogP contribution in [0.5, 0.6) is 5.75 Å². The number of esters is 1. The maximum atomic E-state index is 11.8. The van der Waals surface area contributed by atoms with Gasteiger partial charge in [-0.15, -0.1) is 0 Å². The summed E-state index contributed by atoms with van der Waals surface area (Å²) in [6, 6.07) is 4.20. The highest BCUT2D eigenvalue weighted by molar-refractivity contribution is 6.32. The van der Waals surface area contributed by atoms with Crippen molar-refractivity contribution in [2.24, 2.45) is 5.92 Å². The molecule has 1 aliphatic rings. The summed E-state index contributed by atoms with van der Waals surface area (Å²) in [4.78, 5) is 11.8. The number of aromatic hydroxyl groups is 1. The fraction of sp³-hybridized carbons (Fsp3) is 0.462. The number of carbonyl (C=O) groups is 1. The number of rotatable bonds is 5. The third-order valence-electron chi connectivity index (χ3n) is 3.05. The molecule has 0 radical (unpaired) electrons. The first-order valence-corrected chi connectivity index (χ1v) is 6.29. The Kier molecular flexibility index (Phi) is 4.09. The fourth-order valence-electron chi connectivity index (χ4n) is 1.76. The lowest BCUT2D eigenvalue weighted by Crippen LogP contribution is -2.31. The van der Waals surface area contributed by atoms with Gasteiger partial charge in [0, 0.05) is 0 Å². The summed E-state index contributed by atoms with van der Waals surface area (Å²) < 4.78 is 4.78. The van der Waals surface area contributed by atoms with Crippen LogP contribution in [0.15, 0.2) is 18.2 Å². The molecule has 4 nitrogen and oxygen atoms in total. The molecule has 0 saturated heterocycles. The average molecular weight is 270 g/mol. The second kappa shape index (κ2) is 5.59. The Hall–Kier alpha value is -1.26. The molecule has 98 valence electrons. The Labute approximate surface area is 111 Å². The number of benzene rings is 1. The topological polar surface area (TPSA) is 58.6 Å². The maximum absolute atomic E-state index is 11.8. The minimum atomic E-state index is -0.534. The largest absolute Gasteiger partial charge is 0.506 e. The van der Waals surface area contributed by atoms with Crippen molar-refractivity contribution in [3.8, 4) is 5.75 Å². The molecule has 1 aliphatic carbocycles. The van der Waals surface area contributed by atoms with Crippen LogP contribution < -0.4 is 5.32 Å². The van der Waals surface area contributed by atoms with Gasteiger partial charge in [0.25, 0.3) is 0 Å². The Morgan fingerprint density at radius 3 is 2.89 bits per heavy atom. The fourth-order valence-corrected chi connectivity index (χ4v) is 1.95. The summed E-state index contributed by atoms with van der Waals surface area (Å²) in [5.74, 6) is 0.313. The predicted molar refractivity (Wildman–Crippen MR) is 68.6 cm³/mol. The zero-order valence-electron chi connectivity index (χ0n) is 10.1. The lowest BCUT2D eigenvalue weighted by Gasteiger charge is -2.17. The van der Waals surface area contributed by atoms with E-state index in [1.165, 1.54) is 26.0 Å². The number of hydrogen-bond acceptors (Lipinski definition) is 4. The first-order valence-electron chi connectivity index (χ1n) is 5.91. The number of nitrogens with one attached hydrogen (secondary N) is 1. The number of phenols is 1. The summed E-state index contributed by atoms with van der Waals surface area (Å²) in [7, 11) is 1.36. The van der Waals surface area contributed by atoms with Crippen LogP contribution in [0.2, 0.25) is 5.02 Å². The maximum Gasteiger partial charge on any atom is 0.327 e. The van der Waals surface area contributed by atoms with Gasteiger partial charge in [0.15, 0.2) is 0 Å². The highest BCUT2D eigenvalue weighted by atomic mass is 35.5. The lowest BCUT2D eigenvalue weighted by molar-refractivity contribution is -0.143. The molecule has 18 heavy (non-hydrogen) atoms. The highest BCUT2D eigenvalue weighted by Gasteiger charge is 2.26. The van der Waals surface area contributed by atoms with E-state index in [1.807, 2.05) is 0 Å². The smallest absolute Gasteiger partial charge is 0.327 e. The van der Waals surface area contributed by atoms with Crippen molar-refractivity contribution in [1.29, 1.82) is 0 Å². The Morgan fingerprint density at radius 2 is 2.33 bits per heavy atom. The van der Waals surface area contributed by atoms with Crippen LogP contribution >= 0.6 is 11.6 Å². The quantitative estimate of drug-likeness (QED) is 0.805. The van der Waals surface area contributed by atoms with Crippen molar-refractivity contribution in [3.05, 3.63) is 28.8 Å². The van der Waals surface area contributed by atoms with Crippen LogP contribution in [0.1, 0.15) is 24.4 Å². The van der Waals surface area contributed by atoms with E-state index in [0.717, 1.165) is 6.54 Å². The molecule has 1 saturated carbocycles. The third-order valence-corrected chi connectivity index (χ3v) is 3.35. The minimum absolute atomic E-state index is 0.00576. The summed E-state index contributed by atoms with van der Waals surface area (Å²) in [6.07, 6.45) is 2.41. The van der Waals surface area contributed by atoms with Crippen LogP contribution in [-0.2, 0) is 9.53 Å². The first-order chi connectivity index (χ1) is 8.61. The van der Waals surface area contributed by atoms with Crippen molar-refractivity contribution in [3.63, 3.8) is 0 Å². The molecule has 0 heterocycles. The number of hydrogen-bond donors (Lipinski definition) is 2. The van der Waals surface area contributed by atoms with E-state index in [1.54, 1.807) is 12.1 Å². The van der Waals surface area contributed by atoms with Gasteiger partial charge in [-0.2, -0.15) is 0 Å². The van der Waals surface area contributed by atoms with Gasteiger partial charge in [0.2, 0.25) is 0 Å². The molecule has 0 bridgehead atoms. The first kappa shape index (κ1) is 13.2. The van der Waals surface area contributed by atoms with Crippen LogP contribution in [-0.4, -0.2) is 24.7 Å². The van der Waals surface area contributed by atoms with E-state index in [4.69, 9.17) is 16.3 Å². The molecule has 0 aromatic heterocycles. The van der Waals surface area contributed by atoms with E-state index in [9.17, 15) is 9.90 Å². The lowest BCUT2D eigenvalue weighted by atomic mass is 10.1. The van der Waals surface area contributed by atoms with E-state index < -0.39 is 6.04 Å². The van der Waals surface area contributed by atoms with Crippen LogP contribution in [0.4, 0.5) is 0 Å². The van der Waals surface area contributed by atoms with Crippen molar-refractivity contribution < 1.29 is 14.6 Å². The molecular weight excluding hydrogens is 254 g/mol. The molecule has 0 spiro atoms. The molecule has 5 heteroatoms.